The van der Waals surface area contributed by atoms with E-state index in [0.29, 0.717) is 5.56 Å². The molecule has 2 heteroatoms. The monoisotopic (exact) mass is 406 g/mol. The van der Waals surface area contributed by atoms with Crippen molar-refractivity contribution < 1.29 is 8.78 Å². The van der Waals surface area contributed by atoms with E-state index in [4.69, 9.17) is 0 Å². The molecule has 158 valence electrons. The molecule has 3 aromatic carbocycles. The van der Waals surface area contributed by atoms with Gasteiger partial charge in [0.15, 0.2) is 0 Å². The number of unbranched alkanes of at least 4 members (excludes halogenated alkanes) is 7. The van der Waals surface area contributed by atoms with Gasteiger partial charge in [-0.2, -0.15) is 0 Å². The van der Waals surface area contributed by atoms with Crippen molar-refractivity contribution in [3.05, 3.63) is 83.9 Å². The van der Waals surface area contributed by atoms with Crippen LogP contribution in [-0.4, -0.2) is 0 Å². The van der Waals surface area contributed by atoms with Crippen molar-refractivity contribution in [2.24, 2.45) is 0 Å². The number of rotatable bonds is 11. The van der Waals surface area contributed by atoms with E-state index in [1.165, 1.54) is 69.1 Å². The smallest absolute Gasteiger partial charge is 0.133 e. The molecule has 0 amide bonds. The minimum atomic E-state index is -0.556. The molecule has 0 atom stereocenters. The fourth-order valence-electron chi connectivity index (χ4n) is 3.99. The zero-order valence-electron chi connectivity index (χ0n) is 18.0. The fraction of sp³-hybridized carbons (Fsp3) is 0.357. The van der Waals surface area contributed by atoms with Crippen molar-refractivity contribution in [3.8, 4) is 22.3 Å². The van der Waals surface area contributed by atoms with Crippen LogP contribution in [0.15, 0.2) is 66.7 Å². The summed E-state index contributed by atoms with van der Waals surface area (Å²) in [5.74, 6) is -1.09. The molecule has 0 saturated heterocycles. The SMILES string of the molecule is CCCCCCCCCCc1ccc(-c2ccccc2-c2ccc(F)cc2F)cc1. The summed E-state index contributed by atoms with van der Waals surface area (Å²) in [6.07, 6.45) is 11.7. The van der Waals surface area contributed by atoms with Crippen molar-refractivity contribution in [2.45, 2.75) is 64.7 Å². The average Bonchev–Trinajstić information content (AvgIpc) is 2.76. The second-order valence-electron chi connectivity index (χ2n) is 8.09. The predicted molar refractivity (Wildman–Crippen MR) is 124 cm³/mol. The van der Waals surface area contributed by atoms with Crippen LogP contribution in [0, 0.1) is 11.6 Å². The summed E-state index contributed by atoms with van der Waals surface area (Å²) in [7, 11) is 0. The van der Waals surface area contributed by atoms with Crippen LogP contribution in [0.4, 0.5) is 8.78 Å². The van der Waals surface area contributed by atoms with Gasteiger partial charge in [0.25, 0.3) is 0 Å². The largest absolute Gasteiger partial charge is 0.207 e. The van der Waals surface area contributed by atoms with Crippen LogP contribution in [0.5, 0.6) is 0 Å². The Labute approximate surface area is 180 Å². The van der Waals surface area contributed by atoms with Gasteiger partial charge in [-0.05, 0) is 47.2 Å². The molecule has 0 aliphatic carbocycles. The Morgan fingerprint density at radius 3 is 1.90 bits per heavy atom. The lowest BCUT2D eigenvalue weighted by molar-refractivity contribution is 0.575. The molecule has 0 nitrogen and oxygen atoms in total. The molecule has 0 spiro atoms. The number of hydrogen-bond acceptors (Lipinski definition) is 0. The first-order valence-electron chi connectivity index (χ1n) is 11.3. The zero-order chi connectivity index (χ0) is 21.2. The van der Waals surface area contributed by atoms with Crippen LogP contribution in [0.25, 0.3) is 22.3 Å². The van der Waals surface area contributed by atoms with Crippen molar-refractivity contribution >= 4 is 0 Å². The highest BCUT2D eigenvalue weighted by molar-refractivity contribution is 5.83. The Morgan fingerprint density at radius 1 is 0.600 bits per heavy atom. The third kappa shape index (κ3) is 6.26. The minimum Gasteiger partial charge on any atom is -0.207 e. The van der Waals surface area contributed by atoms with E-state index >= 15 is 0 Å². The van der Waals surface area contributed by atoms with Crippen molar-refractivity contribution in [1.82, 2.24) is 0 Å². The summed E-state index contributed by atoms with van der Waals surface area (Å²) < 4.78 is 27.7. The van der Waals surface area contributed by atoms with E-state index in [9.17, 15) is 8.78 Å². The highest BCUT2D eigenvalue weighted by Gasteiger charge is 2.11. The Balaban J connectivity index is 1.60. The minimum absolute atomic E-state index is 0.426. The molecule has 30 heavy (non-hydrogen) atoms. The molecule has 3 aromatic rings. The van der Waals surface area contributed by atoms with Crippen LogP contribution in [-0.2, 0) is 6.42 Å². The molecule has 0 bridgehead atoms. The number of aryl methyl sites for hydroxylation is 1. The molecular formula is C28H32F2. The van der Waals surface area contributed by atoms with Gasteiger partial charge in [0.2, 0.25) is 0 Å². The van der Waals surface area contributed by atoms with E-state index < -0.39 is 11.6 Å². The quantitative estimate of drug-likeness (QED) is 0.279. The Bertz CT molecular complexity index is 912. The van der Waals surface area contributed by atoms with E-state index in [2.05, 4.69) is 31.2 Å². The van der Waals surface area contributed by atoms with E-state index in [0.717, 1.165) is 29.2 Å². The van der Waals surface area contributed by atoms with Crippen molar-refractivity contribution in [1.29, 1.82) is 0 Å². The van der Waals surface area contributed by atoms with Gasteiger partial charge >= 0.3 is 0 Å². The van der Waals surface area contributed by atoms with Gasteiger partial charge in [0.1, 0.15) is 11.6 Å². The normalized spacial score (nSPS) is 11.0. The van der Waals surface area contributed by atoms with E-state index in [1.54, 1.807) is 0 Å². The van der Waals surface area contributed by atoms with E-state index in [-0.39, 0.29) is 0 Å². The first-order chi connectivity index (χ1) is 14.7. The Kier molecular flexibility index (Phi) is 8.62. The standard InChI is InChI=1S/C28H32F2/c1-2-3-4-5-6-7-8-9-12-22-15-17-23(18-16-22)25-13-10-11-14-26(25)27-20-19-24(29)21-28(27)30/h10-11,13-21H,2-9,12H2,1H3. The second-order valence-corrected chi connectivity index (χ2v) is 8.09. The van der Waals surface area contributed by atoms with Gasteiger partial charge in [0.05, 0.1) is 0 Å². The van der Waals surface area contributed by atoms with Gasteiger partial charge in [-0.1, -0.05) is 100 Å². The van der Waals surface area contributed by atoms with Crippen LogP contribution in [0.3, 0.4) is 0 Å². The van der Waals surface area contributed by atoms with Gasteiger partial charge < -0.3 is 0 Å². The highest BCUT2D eigenvalue weighted by atomic mass is 19.1. The molecule has 0 aliphatic heterocycles. The number of hydrogen-bond donors (Lipinski definition) is 0. The molecule has 0 unspecified atom stereocenters. The molecule has 0 aliphatic rings. The Morgan fingerprint density at radius 2 is 1.23 bits per heavy atom. The molecule has 0 N–H and O–H groups in total. The molecule has 0 radical (unpaired) electrons. The molecule has 0 aromatic heterocycles. The number of halogens is 2. The molecule has 0 saturated carbocycles. The lowest BCUT2D eigenvalue weighted by Crippen LogP contribution is -1.91. The second kappa shape index (κ2) is 11.6. The molecular weight excluding hydrogens is 374 g/mol. The van der Waals surface area contributed by atoms with E-state index in [1.807, 2.05) is 24.3 Å². The fourth-order valence-corrected chi connectivity index (χ4v) is 3.99. The van der Waals surface area contributed by atoms with Crippen LogP contribution in [0.2, 0.25) is 0 Å². The third-order valence-electron chi connectivity index (χ3n) is 5.73. The summed E-state index contributed by atoms with van der Waals surface area (Å²) >= 11 is 0. The summed E-state index contributed by atoms with van der Waals surface area (Å²) in [6.45, 7) is 2.25. The summed E-state index contributed by atoms with van der Waals surface area (Å²) in [6, 6.07) is 20.1. The third-order valence-corrected chi connectivity index (χ3v) is 5.73. The Hall–Kier alpha value is -2.48. The first-order valence-corrected chi connectivity index (χ1v) is 11.3. The lowest BCUT2D eigenvalue weighted by atomic mass is 9.93. The lowest BCUT2D eigenvalue weighted by Gasteiger charge is -2.12. The molecule has 0 fully saturated rings. The first kappa shape index (κ1) is 22.2. The van der Waals surface area contributed by atoms with Gasteiger partial charge in [-0.15, -0.1) is 0 Å². The van der Waals surface area contributed by atoms with Crippen LogP contribution < -0.4 is 0 Å². The predicted octanol–water partition coefficient (Wildman–Crippen LogP) is 8.98. The van der Waals surface area contributed by atoms with Crippen molar-refractivity contribution in [3.63, 3.8) is 0 Å². The number of benzene rings is 3. The van der Waals surface area contributed by atoms with Gasteiger partial charge in [0, 0.05) is 11.6 Å². The van der Waals surface area contributed by atoms with Crippen LogP contribution in [0.1, 0.15) is 63.9 Å². The van der Waals surface area contributed by atoms with Gasteiger partial charge in [-0.25, -0.2) is 8.78 Å². The molecule has 3 rings (SSSR count). The summed E-state index contributed by atoms with van der Waals surface area (Å²) in [5, 5.41) is 0. The maximum atomic E-state index is 14.3. The summed E-state index contributed by atoms with van der Waals surface area (Å²) in [4.78, 5) is 0. The van der Waals surface area contributed by atoms with Crippen molar-refractivity contribution in [2.75, 3.05) is 0 Å². The average molecular weight is 407 g/mol. The highest BCUT2D eigenvalue weighted by Crippen LogP contribution is 2.33. The summed E-state index contributed by atoms with van der Waals surface area (Å²) in [5.41, 5.74) is 4.56. The maximum Gasteiger partial charge on any atom is 0.133 e. The maximum absolute atomic E-state index is 14.3. The zero-order valence-corrected chi connectivity index (χ0v) is 18.0. The van der Waals surface area contributed by atoms with Gasteiger partial charge in [-0.3, -0.25) is 0 Å². The van der Waals surface area contributed by atoms with Crippen LogP contribution >= 0.6 is 0 Å². The topological polar surface area (TPSA) is 0 Å². The molecule has 0 heterocycles.